The highest BCUT2D eigenvalue weighted by molar-refractivity contribution is 5.96. The molecule has 0 aliphatic carbocycles. The van der Waals surface area contributed by atoms with Gasteiger partial charge >= 0.3 is 6.18 Å². The van der Waals surface area contributed by atoms with Crippen molar-refractivity contribution >= 4 is 29.0 Å². The molecule has 2 amide bonds. The predicted molar refractivity (Wildman–Crippen MR) is 155 cm³/mol. The topological polar surface area (TPSA) is 154 Å². The number of benzene rings is 1. The van der Waals surface area contributed by atoms with Crippen LogP contribution in [0.3, 0.4) is 0 Å². The minimum Gasteiger partial charge on any atom is -0.354 e. The fourth-order valence-electron chi connectivity index (χ4n) is 5.19. The summed E-state index contributed by atoms with van der Waals surface area (Å²) < 4.78 is 43.7. The number of aromatic nitrogens is 5. The fourth-order valence-corrected chi connectivity index (χ4v) is 5.19. The highest BCUT2D eigenvalue weighted by Crippen LogP contribution is 2.37. The normalized spacial score (nSPS) is 13.9. The first kappa shape index (κ1) is 30.5. The van der Waals surface area contributed by atoms with Crippen LogP contribution >= 0.6 is 0 Å². The number of hydrogen-bond acceptors (Lipinski definition) is 8. The molecule has 15 heteroatoms. The van der Waals surface area contributed by atoms with Gasteiger partial charge in [-0.2, -0.15) is 23.5 Å². The van der Waals surface area contributed by atoms with Crippen LogP contribution in [-0.2, 0) is 23.9 Å². The van der Waals surface area contributed by atoms with Gasteiger partial charge in [0, 0.05) is 48.8 Å². The standard InChI is InChI=1S/C29H31F3N10O2/c1-2-18-15-20(3-4-21(18)28(44)37-11-10-36-27(43)19-5-8-34-9-6-19)39-25-26-38-16-23(42(26)14-12-35-25)22-17-41(13-7-33)40-24(22)29(30,31)32/h3-4,12,14-17,19,34H,2,5-6,8-11,13H2,1H3,(H,35,39)(H,36,43)(H,37,44). The van der Waals surface area contributed by atoms with Gasteiger partial charge in [-0.15, -0.1) is 0 Å². The molecule has 0 unspecified atom stereocenters. The summed E-state index contributed by atoms with van der Waals surface area (Å²) in [6.45, 7) is 3.86. The Hall–Kier alpha value is -4.97. The summed E-state index contributed by atoms with van der Waals surface area (Å²) in [4.78, 5) is 33.9. The van der Waals surface area contributed by atoms with Crippen LogP contribution in [-0.4, -0.2) is 62.1 Å². The lowest BCUT2D eigenvalue weighted by molar-refractivity contribution is -0.141. The lowest BCUT2D eigenvalue weighted by atomic mass is 9.97. The van der Waals surface area contributed by atoms with E-state index >= 15 is 0 Å². The number of fused-ring (bicyclic) bond motifs is 1. The zero-order valence-corrected chi connectivity index (χ0v) is 23.9. The third-order valence-corrected chi connectivity index (χ3v) is 7.38. The number of anilines is 2. The van der Waals surface area contributed by atoms with Gasteiger partial charge in [-0.25, -0.2) is 9.97 Å². The quantitative estimate of drug-likeness (QED) is 0.200. The number of hydrogen-bond donors (Lipinski definition) is 4. The number of amides is 2. The Morgan fingerprint density at radius 1 is 1.16 bits per heavy atom. The summed E-state index contributed by atoms with van der Waals surface area (Å²) in [7, 11) is 0. The van der Waals surface area contributed by atoms with E-state index in [-0.39, 0.29) is 47.7 Å². The molecule has 1 fully saturated rings. The number of nitriles is 1. The number of imidazole rings is 1. The van der Waals surface area contributed by atoms with Gasteiger partial charge in [0.2, 0.25) is 5.91 Å². The van der Waals surface area contributed by atoms with Crippen LogP contribution in [0.5, 0.6) is 0 Å². The molecule has 3 aromatic heterocycles. The second kappa shape index (κ2) is 13.1. The number of aryl methyl sites for hydroxylation is 1. The number of rotatable bonds is 10. The van der Waals surface area contributed by atoms with Gasteiger partial charge in [-0.3, -0.25) is 18.7 Å². The summed E-state index contributed by atoms with van der Waals surface area (Å²) in [5.41, 5.74) is 0.937. The fraction of sp³-hybridized carbons (Fsp3) is 0.379. The van der Waals surface area contributed by atoms with Gasteiger partial charge in [0.05, 0.1) is 23.5 Å². The maximum Gasteiger partial charge on any atom is 0.435 e. The number of carbonyl (C=O) groups is 2. The summed E-state index contributed by atoms with van der Waals surface area (Å²) in [5, 5.41) is 24.6. The molecule has 12 nitrogen and oxygen atoms in total. The Labute approximate surface area is 250 Å². The summed E-state index contributed by atoms with van der Waals surface area (Å²) in [6.07, 6.45) is 2.82. The maximum absolute atomic E-state index is 13.8. The molecule has 1 saturated heterocycles. The van der Waals surface area contributed by atoms with Crippen molar-refractivity contribution in [3.63, 3.8) is 0 Å². The Bertz CT molecular complexity index is 1700. The molecule has 0 radical (unpaired) electrons. The smallest absolute Gasteiger partial charge is 0.354 e. The molecule has 1 aliphatic heterocycles. The molecule has 0 atom stereocenters. The number of piperidine rings is 1. The van der Waals surface area contributed by atoms with Gasteiger partial charge in [-0.1, -0.05) is 6.92 Å². The van der Waals surface area contributed by atoms with Crippen LogP contribution in [0.2, 0.25) is 0 Å². The largest absolute Gasteiger partial charge is 0.435 e. The van der Waals surface area contributed by atoms with Gasteiger partial charge in [0.1, 0.15) is 6.54 Å². The second-order valence-electron chi connectivity index (χ2n) is 10.3. The SMILES string of the molecule is CCc1cc(Nc2nccn3c(-c4cn(CC#N)nc4C(F)(F)F)cnc23)ccc1C(=O)NCCNC(=O)C1CCNCC1. The molecule has 5 rings (SSSR count). The predicted octanol–water partition coefficient (Wildman–Crippen LogP) is 3.29. The maximum atomic E-state index is 13.8. The number of halogens is 3. The van der Waals surface area contributed by atoms with Crippen LogP contribution in [0.25, 0.3) is 16.9 Å². The Kier molecular flexibility index (Phi) is 9.09. The van der Waals surface area contributed by atoms with Crippen molar-refractivity contribution in [3.05, 3.63) is 59.8 Å². The van der Waals surface area contributed by atoms with Crippen molar-refractivity contribution in [2.75, 3.05) is 31.5 Å². The van der Waals surface area contributed by atoms with Gasteiger partial charge in [0.15, 0.2) is 17.2 Å². The molecule has 4 aromatic rings. The first-order valence-electron chi connectivity index (χ1n) is 14.2. The van der Waals surface area contributed by atoms with E-state index in [0.717, 1.165) is 36.2 Å². The molecule has 4 N–H and O–H groups in total. The van der Waals surface area contributed by atoms with Crippen LogP contribution in [0.1, 0.15) is 41.4 Å². The lowest BCUT2D eigenvalue weighted by Crippen LogP contribution is -2.41. The zero-order chi connectivity index (χ0) is 31.3. The average molecular weight is 609 g/mol. The van der Waals surface area contributed by atoms with E-state index in [2.05, 4.69) is 36.3 Å². The zero-order valence-electron chi connectivity index (χ0n) is 23.9. The van der Waals surface area contributed by atoms with Crippen LogP contribution in [0.15, 0.2) is 43.0 Å². The molecule has 0 bridgehead atoms. The van der Waals surface area contributed by atoms with Gasteiger partial charge < -0.3 is 21.3 Å². The Morgan fingerprint density at radius 2 is 1.93 bits per heavy atom. The summed E-state index contributed by atoms with van der Waals surface area (Å²) >= 11 is 0. The minimum absolute atomic E-state index is 0.00150. The highest BCUT2D eigenvalue weighted by Gasteiger charge is 2.38. The van der Waals surface area contributed by atoms with Crippen LogP contribution in [0.4, 0.5) is 24.7 Å². The van der Waals surface area contributed by atoms with E-state index < -0.39 is 11.9 Å². The van der Waals surface area contributed by atoms with Crippen LogP contribution in [0, 0.1) is 17.2 Å². The second-order valence-corrected chi connectivity index (χ2v) is 10.3. The minimum atomic E-state index is -4.74. The third-order valence-electron chi connectivity index (χ3n) is 7.38. The number of nitrogens with one attached hydrogen (secondary N) is 4. The Morgan fingerprint density at radius 3 is 2.66 bits per heavy atom. The van der Waals surface area contributed by atoms with E-state index in [4.69, 9.17) is 5.26 Å². The van der Waals surface area contributed by atoms with E-state index in [1.165, 1.54) is 29.2 Å². The third kappa shape index (κ3) is 6.65. The molecule has 230 valence electrons. The van der Waals surface area contributed by atoms with Crippen molar-refractivity contribution in [1.82, 2.24) is 40.1 Å². The summed E-state index contributed by atoms with van der Waals surface area (Å²) in [6, 6.07) is 6.98. The Balaban J connectivity index is 1.29. The number of nitrogens with zero attached hydrogens (tertiary/aromatic N) is 6. The van der Waals surface area contributed by atoms with Crippen molar-refractivity contribution in [1.29, 1.82) is 5.26 Å². The van der Waals surface area contributed by atoms with E-state index in [1.54, 1.807) is 24.3 Å². The van der Waals surface area contributed by atoms with Gasteiger partial charge in [0.25, 0.3) is 5.91 Å². The van der Waals surface area contributed by atoms with Crippen LogP contribution < -0.4 is 21.3 Å². The van der Waals surface area contributed by atoms with Crippen molar-refractivity contribution in [2.45, 2.75) is 38.9 Å². The molecule has 1 aromatic carbocycles. The summed E-state index contributed by atoms with van der Waals surface area (Å²) in [5.74, 6) is 0.0346. The molecule has 0 saturated carbocycles. The van der Waals surface area contributed by atoms with E-state index in [1.807, 2.05) is 6.92 Å². The first-order valence-corrected chi connectivity index (χ1v) is 14.2. The molecule has 4 heterocycles. The first-order chi connectivity index (χ1) is 21.2. The number of carbonyl (C=O) groups excluding carboxylic acids is 2. The highest BCUT2D eigenvalue weighted by atomic mass is 19.4. The molecule has 1 aliphatic rings. The van der Waals surface area contributed by atoms with Gasteiger partial charge in [-0.05, 0) is 56.1 Å². The lowest BCUT2D eigenvalue weighted by Gasteiger charge is -2.21. The molecule has 0 spiro atoms. The van der Waals surface area contributed by atoms with E-state index in [9.17, 15) is 22.8 Å². The molecule has 44 heavy (non-hydrogen) atoms. The monoisotopic (exact) mass is 608 g/mol. The number of alkyl halides is 3. The molecular formula is C29H31F3N10O2. The average Bonchev–Trinajstić information content (AvgIpc) is 3.65. The van der Waals surface area contributed by atoms with Crippen molar-refractivity contribution in [2.24, 2.45) is 5.92 Å². The van der Waals surface area contributed by atoms with E-state index in [0.29, 0.717) is 30.0 Å². The van der Waals surface area contributed by atoms with Crippen molar-refractivity contribution in [3.8, 4) is 17.3 Å². The van der Waals surface area contributed by atoms with Crippen molar-refractivity contribution < 1.29 is 22.8 Å². The molecular weight excluding hydrogens is 577 g/mol.